The molecule has 8 heteroatoms. The van der Waals surface area contributed by atoms with Gasteiger partial charge >= 0.3 is 0 Å². The Hall–Kier alpha value is -1.99. The Bertz CT molecular complexity index is 700. The van der Waals surface area contributed by atoms with Gasteiger partial charge in [0.1, 0.15) is 0 Å². The number of hydrogen-bond donors (Lipinski definition) is 2. The molecule has 142 valence electrons. The van der Waals surface area contributed by atoms with Crippen LogP contribution >= 0.6 is 11.6 Å². The molecule has 0 saturated carbocycles. The van der Waals surface area contributed by atoms with Crippen LogP contribution in [-0.4, -0.2) is 55.6 Å². The number of piperidine rings is 1. The molecule has 2 aliphatic rings. The number of methoxy groups -OCH3 is 1. The van der Waals surface area contributed by atoms with Crippen LogP contribution in [0.4, 0.5) is 0 Å². The number of nitrogens with one attached hydrogen (secondary N) is 1. The molecule has 3 rings (SSSR count). The molecule has 2 fully saturated rings. The fourth-order valence-corrected chi connectivity index (χ4v) is 4.10. The lowest BCUT2D eigenvalue weighted by Crippen LogP contribution is -2.48. The van der Waals surface area contributed by atoms with E-state index in [1.165, 1.54) is 26.0 Å². The van der Waals surface area contributed by atoms with Crippen molar-refractivity contribution in [3.63, 3.8) is 0 Å². The number of nitrogens with two attached hydrogens (primary N) is 1. The van der Waals surface area contributed by atoms with Crippen molar-refractivity contribution in [1.82, 2.24) is 10.2 Å². The van der Waals surface area contributed by atoms with E-state index in [2.05, 4.69) is 5.32 Å². The molecule has 2 saturated heterocycles. The molecule has 0 spiro atoms. The number of primary amides is 1. The van der Waals surface area contributed by atoms with Gasteiger partial charge in [0.15, 0.2) is 18.1 Å². The summed E-state index contributed by atoms with van der Waals surface area (Å²) in [6.07, 6.45) is 4.27. The monoisotopic (exact) mass is 381 g/mol. The van der Waals surface area contributed by atoms with Crippen molar-refractivity contribution in [2.45, 2.75) is 43.8 Å². The van der Waals surface area contributed by atoms with E-state index in [1.54, 1.807) is 11.0 Å². The normalized spacial score (nSPS) is 24.2. The fraction of sp³-hybridized carbons (Fsp3) is 0.556. The minimum atomic E-state index is -0.622. The van der Waals surface area contributed by atoms with Crippen LogP contribution in [0.25, 0.3) is 0 Å². The number of amides is 2. The molecule has 0 aliphatic carbocycles. The first kappa shape index (κ1) is 18.8. The molecule has 2 unspecified atom stereocenters. The lowest BCUT2D eigenvalue weighted by atomic mass is 9.98. The molecule has 3 N–H and O–H groups in total. The van der Waals surface area contributed by atoms with E-state index < -0.39 is 5.91 Å². The zero-order valence-electron chi connectivity index (χ0n) is 15.0. The lowest BCUT2D eigenvalue weighted by Gasteiger charge is -2.35. The van der Waals surface area contributed by atoms with Crippen molar-refractivity contribution in [3.05, 3.63) is 22.7 Å². The standard InChI is InChI=1S/C18H24ClN3O4/c1-22(13-7-11-3-4-12(8-13)21-11)18(24)10-5-14(19)17(15(6-10)25-2)26-9-16(20)23/h5-6,11-13,21H,3-4,7-9H2,1-2H3,(H2,20,23). The fourth-order valence-electron chi connectivity index (χ4n) is 3.84. The second-order valence-electron chi connectivity index (χ2n) is 6.92. The number of hydrogen-bond acceptors (Lipinski definition) is 5. The van der Waals surface area contributed by atoms with Gasteiger partial charge in [0.2, 0.25) is 0 Å². The van der Waals surface area contributed by atoms with E-state index in [9.17, 15) is 9.59 Å². The summed E-state index contributed by atoms with van der Waals surface area (Å²) < 4.78 is 10.6. The molecule has 1 aromatic carbocycles. The molecular formula is C18H24ClN3O4. The first-order valence-corrected chi connectivity index (χ1v) is 9.08. The maximum atomic E-state index is 13.0. The third-order valence-electron chi connectivity index (χ3n) is 5.15. The Morgan fingerprint density at radius 3 is 2.54 bits per heavy atom. The number of fused-ring (bicyclic) bond motifs is 2. The highest BCUT2D eigenvalue weighted by atomic mass is 35.5. The molecule has 0 aromatic heterocycles. The van der Waals surface area contributed by atoms with Crippen molar-refractivity contribution >= 4 is 23.4 Å². The third-order valence-corrected chi connectivity index (χ3v) is 5.43. The zero-order valence-corrected chi connectivity index (χ0v) is 15.7. The van der Waals surface area contributed by atoms with Crippen LogP contribution in [-0.2, 0) is 4.79 Å². The van der Waals surface area contributed by atoms with Crippen LogP contribution in [0.15, 0.2) is 12.1 Å². The summed E-state index contributed by atoms with van der Waals surface area (Å²) in [6, 6.07) is 4.32. The van der Waals surface area contributed by atoms with Gasteiger partial charge in [-0.05, 0) is 37.8 Å². The summed E-state index contributed by atoms with van der Waals surface area (Å²) in [5.41, 5.74) is 5.52. The number of ether oxygens (including phenoxy) is 2. The quantitative estimate of drug-likeness (QED) is 0.780. The Morgan fingerprint density at radius 2 is 1.96 bits per heavy atom. The highest BCUT2D eigenvalue weighted by Crippen LogP contribution is 2.37. The van der Waals surface area contributed by atoms with Crippen molar-refractivity contribution in [3.8, 4) is 11.5 Å². The zero-order chi connectivity index (χ0) is 18.8. The first-order valence-electron chi connectivity index (χ1n) is 8.71. The third kappa shape index (κ3) is 3.88. The predicted octanol–water partition coefficient (Wildman–Crippen LogP) is 1.57. The minimum absolute atomic E-state index is 0.113. The molecule has 2 atom stereocenters. The van der Waals surface area contributed by atoms with Gasteiger partial charge in [-0.2, -0.15) is 0 Å². The largest absolute Gasteiger partial charge is 0.493 e. The molecule has 7 nitrogen and oxygen atoms in total. The summed E-state index contributed by atoms with van der Waals surface area (Å²) in [4.78, 5) is 25.7. The van der Waals surface area contributed by atoms with Crippen LogP contribution in [0.5, 0.6) is 11.5 Å². The van der Waals surface area contributed by atoms with E-state index in [-0.39, 0.29) is 29.3 Å². The van der Waals surface area contributed by atoms with Gasteiger partial charge in [-0.25, -0.2) is 0 Å². The Kier molecular flexibility index (Phi) is 5.58. The number of carbonyl (C=O) groups excluding carboxylic acids is 2. The maximum Gasteiger partial charge on any atom is 0.255 e. The number of carbonyl (C=O) groups is 2. The van der Waals surface area contributed by atoms with Crippen molar-refractivity contribution in [2.75, 3.05) is 20.8 Å². The molecule has 0 radical (unpaired) electrons. The maximum absolute atomic E-state index is 13.0. The Morgan fingerprint density at radius 1 is 1.31 bits per heavy atom. The number of nitrogens with zero attached hydrogens (tertiary/aromatic N) is 1. The van der Waals surface area contributed by atoms with Crippen LogP contribution in [0.2, 0.25) is 5.02 Å². The Balaban J connectivity index is 1.78. The van der Waals surface area contributed by atoms with Gasteiger partial charge in [0.25, 0.3) is 11.8 Å². The topological polar surface area (TPSA) is 93.9 Å². The summed E-state index contributed by atoms with van der Waals surface area (Å²) in [5.74, 6) is -0.241. The minimum Gasteiger partial charge on any atom is -0.493 e. The van der Waals surface area contributed by atoms with Crippen molar-refractivity contribution in [1.29, 1.82) is 0 Å². The van der Waals surface area contributed by atoms with Crippen molar-refractivity contribution in [2.24, 2.45) is 5.73 Å². The second kappa shape index (κ2) is 7.72. The van der Waals surface area contributed by atoms with Gasteiger partial charge in [0.05, 0.1) is 12.1 Å². The molecule has 2 aliphatic heterocycles. The van der Waals surface area contributed by atoms with Crippen molar-refractivity contribution < 1.29 is 19.1 Å². The average molecular weight is 382 g/mol. The van der Waals surface area contributed by atoms with Gasteiger partial charge in [-0.15, -0.1) is 0 Å². The second-order valence-corrected chi connectivity index (χ2v) is 7.33. The van der Waals surface area contributed by atoms with Crippen LogP contribution in [0.3, 0.4) is 0 Å². The molecule has 1 aromatic rings. The van der Waals surface area contributed by atoms with Gasteiger partial charge < -0.3 is 25.4 Å². The number of rotatable bonds is 6. The molecule has 26 heavy (non-hydrogen) atoms. The average Bonchev–Trinajstić information content (AvgIpc) is 2.96. The lowest BCUT2D eigenvalue weighted by molar-refractivity contribution is -0.119. The predicted molar refractivity (Wildman–Crippen MR) is 97.8 cm³/mol. The SMILES string of the molecule is COc1cc(C(=O)N(C)C2CC3CCC(C2)N3)cc(Cl)c1OCC(N)=O. The van der Waals surface area contributed by atoms with Crippen LogP contribution < -0.4 is 20.5 Å². The highest BCUT2D eigenvalue weighted by molar-refractivity contribution is 6.32. The summed E-state index contributed by atoms with van der Waals surface area (Å²) in [5, 5.41) is 3.78. The molecule has 2 bridgehead atoms. The van der Waals surface area contributed by atoms with E-state index in [0.717, 1.165) is 12.8 Å². The highest BCUT2D eigenvalue weighted by Gasteiger charge is 2.36. The molecule has 2 heterocycles. The van der Waals surface area contributed by atoms with E-state index in [0.29, 0.717) is 23.4 Å². The number of benzene rings is 1. The summed E-state index contributed by atoms with van der Waals surface area (Å²) in [6.45, 7) is -0.318. The van der Waals surface area contributed by atoms with Crippen LogP contribution in [0.1, 0.15) is 36.0 Å². The summed E-state index contributed by atoms with van der Waals surface area (Å²) in [7, 11) is 3.28. The first-order chi connectivity index (χ1) is 12.4. The molecule has 2 amide bonds. The summed E-state index contributed by atoms with van der Waals surface area (Å²) >= 11 is 6.25. The van der Waals surface area contributed by atoms with E-state index in [4.69, 9.17) is 26.8 Å². The molecular weight excluding hydrogens is 358 g/mol. The van der Waals surface area contributed by atoms with Gasteiger partial charge in [0, 0.05) is 30.7 Å². The van der Waals surface area contributed by atoms with Gasteiger partial charge in [-0.3, -0.25) is 9.59 Å². The van der Waals surface area contributed by atoms with E-state index >= 15 is 0 Å². The Labute approximate surface area is 157 Å². The number of halogens is 1. The van der Waals surface area contributed by atoms with E-state index in [1.807, 2.05) is 7.05 Å². The van der Waals surface area contributed by atoms with Crippen LogP contribution in [0, 0.1) is 0 Å². The van der Waals surface area contributed by atoms with Gasteiger partial charge in [-0.1, -0.05) is 11.6 Å². The smallest absolute Gasteiger partial charge is 0.255 e.